The van der Waals surface area contributed by atoms with E-state index in [0.29, 0.717) is 22.6 Å². The maximum atomic E-state index is 12.1. The van der Waals surface area contributed by atoms with Gasteiger partial charge in [-0.05, 0) is 44.4 Å². The molecule has 20 heavy (non-hydrogen) atoms. The number of benzene rings is 1. The van der Waals surface area contributed by atoms with Gasteiger partial charge in [0.1, 0.15) is 0 Å². The summed E-state index contributed by atoms with van der Waals surface area (Å²) in [6.45, 7) is 3.74. The first kappa shape index (κ1) is 16.4. The van der Waals surface area contributed by atoms with Crippen LogP contribution in [0.4, 0.5) is 0 Å². The summed E-state index contributed by atoms with van der Waals surface area (Å²) in [5.41, 5.74) is 0.319. The molecule has 1 rings (SSSR count). The third-order valence-corrected chi connectivity index (χ3v) is 4.43. The lowest BCUT2D eigenvalue weighted by Crippen LogP contribution is -2.10. The highest BCUT2D eigenvalue weighted by Crippen LogP contribution is 2.21. The molecule has 1 aromatic rings. The van der Waals surface area contributed by atoms with Crippen LogP contribution in [0.15, 0.2) is 29.2 Å². The Labute approximate surface area is 121 Å². The monoisotopic (exact) mass is 293 g/mol. The Morgan fingerprint density at radius 1 is 1.35 bits per heavy atom. The van der Waals surface area contributed by atoms with E-state index in [1.54, 1.807) is 24.3 Å². The van der Waals surface area contributed by atoms with Gasteiger partial charge in [-0.2, -0.15) is 5.26 Å². The standard InChI is InChI=1S/C15H19NO3S/c1-15(2,11-16)8-3-9-20(19)13-6-4-12(5-7-13)10-14(17)18/h4-7H,3,8-10H2,1-2H3,(H,17,18). The molecule has 0 aliphatic rings. The van der Waals surface area contributed by atoms with Crippen molar-refractivity contribution in [1.82, 2.24) is 0 Å². The molecular formula is C15H19NO3S. The molecule has 0 saturated carbocycles. The molecule has 0 spiro atoms. The van der Waals surface area contributed by atoms with E-state index in [9.17, 15) is 9.00 Å². The highest BCUT2D eigenvalue weighted by atomic mass is 32.2. The van der Waals surface area contributed by atoms with Gasteiger partial charge in [-0.15, -0.1) is 0 Å². The van der Waals surface area contributed by atoms with Crippen molar-refractivity contribution in [3.8, 4) is 6.07 Å². The van der Waals surface area contributed by atoms with Gasteiger partial charge in [0, 0.05) is 10.6 Å². The van der Waals surface area contributed by atoms with Crippen molar-refractivity contribution in [2.45, 2.75) is 38.0 Å². The smallest absolute Gasteiger partial charge is 0.307 e. The quantitative estimate of drug-likeness (QED) is 0.838. The molecule has 0 radical (unpaired) electrons. The molecule has 0 aliphatic carbocycles. The second-order valence-electron chi connectivity index (χ2n) is 5.36. The Morgan fingerprint density at radius 3 is 2.45 bits per heavy atom. The fourth-order valence-corrected chi connectivity index (χ4v) is 2.83. The van der Waals surface area contributed by atoms with E-state index in [1.807, 2.05) is 13.8 Å². The summed E-state index contributed by atoms with van der Waals surface area (Å²) in [5, 5.41) is 17.6. The highest BCUT2D eigenvalue weighted by molar-refractivity contribution is 7.85. The Balaban J connectivity index is 2.52. The van der Waals surface area contributed by atoms with Gasteiger partial charge in [-0.3, -0.25) is 9.00 Å². The lowest BCUT2D eigenvalue weighted by molar-refractivity contribution is -0.136. The molecule has 0 fully saturated rings. The molecule has 0 bridgehead atoms. The van der Waals surface area contributed by atoms with Gasteiger partial charge >= 0.3 is 5.97 Å². The van der Waals surface area contributed by atoms with Crippen LogP contribution < -0.4 is 0 Å². The Kier molecular flexibility index (Phi) is 5.90. The number of carboxylic acid groups (broad SMARTS) is 1. The second kappa shape index (κ2) is 7.20. The summed E-state index contributed by atoms with van der Waals surface area (Å²) in [6.07, 6.45) is 1.42. The van der Waals surface area contributed by atoms with Crippen LogP contribution >= 0.6 is 0 Å². The molecule has 1 unspecified atom stereocenters. The normalized spacial score (nSPS) is 12.7. The molecule has 1 atom stereocenters. The van der Waals surface area contributed by atoms with Crippen molar-refractivity contribution >= 4 is 16.8 Å². The molecule has 108 valence electrons. The van der Waals surface area contributed by atoms with Crippen LogP contribution in [-0.2, 0) is 22.0 Å². The largest absolute Gasteiger partial charge is 0.481 e. The average Bonchev–Trinajstić information content (AvgIpc) is 2.38. The van der Waals surface area contributed by atoms with E-state index >= 15 is 0 Å². The van der Waals surface area contributed by atoms with Crippen LogP contribution in [-0.4, -0.2) is 21.0 Å². The molecule has 1 aromatic carbocycles. The van der Waals surface area contributed by atoms with E-state index in [-0.39, 0.29) is 11.8 Å². The van der Waals surface area contributed by atoms with E-state index < -0.39 is 16.8 Å². The summed E-state index contributed by atoms with van der Waals surface area (Å²) >= 11 is 0. The lowest BCUT2D eigenvalue weighted by Gasteiger charge is -2.14. The van der Waals surface area contributed by atoms with Crippen LogP contribution in [0.3, 0.4) is 0 Å². The topological polar surface area (TPSA) is 78.2 Å². The zero-order valence-corrected chi connectivity index (χ0v) is 12.6. The maximum absolute atomic E-state index is 12.1. The predicted octanol–water partition coefficient (Wildman–Crippen LogP) is 2.75. The van der Waals surface area contributed by atoms with Crippen LogP contribution in [0.1, 0.15) is 32.3 Å². The molecule has 5 heteroatoms. The zero-order valence-electron chi connectivity index (χ0n) is 11.8. The Hall–Kier alpha value is -1.67. The van der Waals surface area contributed by atoms with Crippen molar-refractivity contribution in [1.29, 1.82) is 5.26 Å². The summed E-state index contributed by atoms with van der Waals surface area (Å²) in [5.74, 6) is -0.360. The van der Waals surface area contributed by atoms with Gasteiger partial charge in [0.15, 0.2) is 0 Å². The third-order valence-electron chi connectivity index (χ3n) is 2.98. The molecule has 1 N–H and O–H groups in total. The van der Waals surface area contributed by atoms with Crippen LogP contribution in [0.5, 0.6) is 0 Å². The average molecular weight is 293 g/mol. The fourth-order valence-electron chi connectivity index (χ4n) is 1.75. The minimum Gasteiger partial charge on any atom is -0.481 e. The first-order valence-electron chi connectivity index (χ1n) is 6.44. The number of aliphatic carboxylic acids is 1. The molecule has 0 saturated heterocycles. The Bertz CT molecular complexity index is 529. The maximum Gasteiger partial charge on any atom is 0.307 e. The van der Waals surface area contributed by atoms with Crippen LogP contribution in [0, 0.1) is 16.7 Å². The van der Waals surface area contributed by atoms with Gasteiger partial charge < -0.3 is 5.11 Å². The molecule has 0 heterocycles. The fraction of sp³-hybridized carbons (Fsp3) is 0.467. The SMILES string of the molecule is CC(C)(C#N)CCCS(=O)c1ccc(CC(=O)O)cc1. The van der Waals surface area contributed by atoms with Crippen LogP contribution in [0.2, 0.25) is 0 Å². The van der Waals surface area contributed by atoms with E-state index in [1.165, 1.54) is 0 Å². The van der Waals surface area contributed by atoms with Crippen molar-refractivity contribution in [3.05, 3.63) is 29.8 Å². The molecule has 4 nitrogen and oxygen atoms in total. The van der Waals surface area contributed by atoms with E-state index in [4.69, 9.17) is 10.4 Å². The minimum absolute atomic E-state index is 0.0245. The minimum atomic E-state index is -1.10. The third kappa shape index (κ3) is 5.54. The summed E-state index contributed by atoms with van der Waals surface area (Å²) in [6, 6.07) is 9.04. The van der Waals surface area contributed by atoms with Gasteiger partial charge in [0.25, 0.3) is 0 Å². The second-order valence-corrected chi connectivity index (χ2v) is 6.93. The van der Waals surface area contributed by atoms with Gasteiger partial charge in [0.05, 0.1) is 28.7 Å². The number of nitriles is 1. The molecule has 0 aliphatic heterocycles. The number of nitrogens with zero attached hydrogens (tertiary/aromatic N) is 1. The first-order valence-corrected chi connectivity index (χ1v) is 7.76. The molecular weight excluding hydrogens is 274 g/mol. The molecule has 0 amide bonds. The summed E-state index contributed by atoms with van der Waals surface area (Å²) in [7, 11) is -1.10. The molecule has 0 aromatic heterocycles. The summed E-state index contributed by atoms with van der Waals surface area (Å²) < 4.78 is 12.1. The number of carboxylic acids is 1. The lowest BCUT2D eigenvalue weighted by atomic mass is 9.90. The van der Waals surface area contributed by atoms with Gasteiger partial charge in [0.2, 0.25) is 0 Å². The van der Waals surface area contributed by atoms with Crippen molar-refractivity contribution in [2.24, 2.45) is 5.41 Å². The van der Waals surface area contributed by atoms with E-state index in [0.717, 1.165) is 6.42 Å². The van der Waals surface area contributed by atoms with Gasteiger partial charge in [-0.1, -0.05) is 12.1 Å². The van der Waals surface area contributed by atoms with Gasteiger partial charge in [-0.25, -0.2) is 0 Å². The van der Waals surface area contributed by atoms with Crippen LogP contribution in [0.25, 0.3) is 0 Å². The summed E-state index contributed by atoms with van der Waals surface area (Å²) in [4.78, 5) is 11.3. The predicted molar refractivity (Wildman–Crippen MR) is 77.7 cm³/mol. The number of carbonyl (C=O) groups is 1. The van der Waals surface area contributed by atoms with E-state index in [2.05, 4.69) is 6.07 Å². The number of rotatable bonds is 7. The first-order chi connectivity index (χ1) is 9.34. The number of hydrogen-bond donors (Lipinski definition) is 1. The van der Waals surface area contributed by atoms with Crippen molar-refractivity contribution in [2.75, 3.05) is 5.75 Å². The Morgan fingerprint density at radius 2 is 1.95 bits per heavy atom. The van der Waals surface area contributed by atoms with Crippen molar-refractivity contribution in [3.63, 3.8) is 0 Å². The number of hydrogen-bond acceptors (Lipinski definition) is 3. The highest BCUT2D eigenvalue weighted by Gasteiger charge is 2.16. The zero-order chi connectivity index (χ0) is 15.2. The van der Waals surface area contributed by atoms with Crippen molar-refractivity contribution < 1.29 is 14.1 Å².